The van der Waals surface area contributed by atoms with Crippen molar-refractivity contribution in [2.45, 2.75) is 80.1 Å². The molecule has 0 saturated heterocycles. The van der Waals surface area contributed by atoms with Crippen molar-refractivity contribution in [1.82, 2.24) is 0 Å². The number of hydrogen-bond donors (Lipinski definition) is 0. The maximum Gasteiger partial charge on any atom is 0.135 e. The average Bonchev–Trinajstić information content (AvgIpc) is 3.34. The van der Waals surface area contributed by atoms with Crippen LogP contribution in [0.4, 0.5) is 5.69 Å². The molecule has 0 bridgehead atoms. The number of hydrogen-bond acceptors (Lipinski definition) is 2. The van der Waals surface area contributed by atoms with Crippen LogP contribution in [-0.4, -0.2) is 0 Å². The van der Waals surface area contributed by atoms with Gasteiger partial charge in [0.05, 0.1) is 0 Å². The Morgan fingerprint density at radius 1 is 0.804 bits per heavy atom. The Hall–Kier alpha value is -4.56. The van der Waals surface area contributed by atoms with Crippen molar-refractivity contribution < 1.29 is 4.74 Å². The molecule has 0 unspecified atom stereocenters. The largest absolute Gasteiger partial charge is 0.456 e. The molecule has 0 aliphatic heterocycles. The summed E-state index contributed by atoms with van der Waals surface area (Å²) in [6, 6.07) is 21.5. The summed E-state index contributed by atoms with van der Waals surface area (Å²) in [6.07, 6.45) is 10.6. The number of anilines is 1. The van der Waals surface area contributed by atoms with Gasteiger partial charge in [0.15, 0.2) is 0 Å². The first-order chi connectivity index (χ1) is 21.8. The third kappa shape index (κ3) is 5.34. The minimum atomic E-state index is -0.142. The quantitative estimate of drug-likeness (QED) is 0.224. The van der Waals surface area contributed by atoms with Gasteiger partial charge >= 0.3 is 0 Å². The summed E-state index contributed by atoms with van der Waals surface area (Å²) in [6.45, 7) is 30.8. The van der Waals surface area contributed by atoms with Crippen LogP contribution in [0.2, 0.25) is 0 Å². The molecule has 46 heavy (non-hydrogen) atoms. The van der Waals surface area contributed by atoms with Crippen LogP contribution in [0.1, 0.15) is 90.1 Å². The van der Waals surface area contributed by atoms with E-state index in [4.69, 9.17) is 4.74 Å². The number of para-hydroxylation sites is 1. The maximum atomic E-state index is 6.67. The van der Waals surface area contributed by atoms with Crippen LogP contribution in [0.3, 0.4) is 0 Å². The zero-order chi connectivity index (χ0) is 33.6. The van der Waals surface area contributed by atoms with E-state index in [0.717, 1.165) is 45.3 Å². The molecule has 2 aliphatic carbocycles. The summed E-state index contributed by atoms with van der Waals surface area (Å²) >= 11 is 0. The van der Waals surface area contributed by atoms with Gasteiger partial charge in [-0.05, 0) is 111 Å². The van der Waals surface area contributed by atoms with E-state index < -0.39 is 0 Å². The van der Waals surface area contributed by atoms with Crippen LogP contribution >= 0.6 is 0 Å². The molecule has 0 heterocycles. The first kappa shape index (κ1) is 32.8. The predicted molar refractivity (Wildman–Crippen MR) is 200 cm³/mol. The Kier molecular flexibility index (Phi) is 8.79. The van der Waals surface area contributed by atoms with Crippen LogP contribution in [0.15, 0.2) is 132 Å². The molecule has 0 spiro atoms. The normalized spacial score (nSPS) is 17.0. The molecule has 0 aromatic heterocycles. The molecule has 3 aromatic rings. The Morgan fingerprint density at radius 2 is 1.46 bits per heavy atom. The third-order valence-corrected chi connectivity index (χ3v) is 10.3. The second-order valence-electron chi connectivity index (χ2n) is 13.6. The number of fused-ring (bicyclic) bond motifs is 2. The zero-order valence-electron chi connectivity index (χ0n) is 29.4. The Bertz CT molecular complexity index is 1900. The second kappa shape index (κ2) is 12.3. The van der Waals surface area contributed by atoms with Gasteiger partial charge in [-0.1, -0.05) is 113 Å². The molecule has 0 N–H and O–H groups in total. The van der Waals surface area contributed by atoms with E-state index in [1.807, 2.05) is 31.2 Å². The van der Waals surface area contributed by atoms with Gasteiger partial charge in [-0.3, -0.25) is 0 Å². The fraction of sp³-hybridized carbons (Fsp3) is 0.273. The standard InChI is InChI=1S/C44H49NO/c1-13-19-28(4)39(15-3)45(33-24-25-35-34(14-2)31(7)44(11,12)38(35)27-33)30(6)26-36-32(8)43(9,10)37-21-18-23-41(42(36)37)46-40-22-17-16-20-29(40)5/h13-27H,2,4H2,1,3,5-12H3/b19-13-,30-26+,39-15+. The minimum Gasteiger partial charge on any atom is -0.456 e. The van der Waals surface area contributed by atoms with E-state index in [0.29, 0.717) is 0 Å². The van der Waals surface area contributed by atoms with Crippen LogP contribution in [0.5, 0.6) is 11.5 Å². The highest BCUT2D eigenvalue weighted by molar-refractivity contribution is 5.90. The molecule has 236 valence electrons. The van der Waals surface area contributed by atoms with Gasteiger partial charge in [0.25, 0.3) is 0 Å². The van der Waals surface area contributed by atoms with Crippen molar-refractivity contribution >= 4 is 16.8 Å². The van der Waals surface area contributed by atoms with E-state index >= 15 is 0 Å². The van der Waals surface area contributed by atoms with Crippen LogP contribution in [0.25, 0.3) is 11.1 Å². The SMILES string of the molecule is C=CC1=C(C)C(C)(C)c2cc(N(/C(C)=C/C3=C(C)C(C)(C)c4cccc(Oc5ccccc5C)c43)/C(=C/C)C(=C)/C=C\C)ccc21. The topological polar surface area (TPSA) is 12.5 Å². The molecule has 2 aliphatic rings. The zero-order valence-corrected chi connectivity index (χ0v) is 29.4. The van der Waals surface area contributed by atoms with Crippen molar-refractivity contribution in [3.05, 3.63) is 160 Å². The molecule has 0 atom stereocenters. The highest BCUT2D eigenvalue weighted by Crippen LogP contribution is 2.52. The Labute approximate surface area is 277 Å². The van der Waals surface area contributed by atoms with Crippen LogP contribution < -0.4 is 9.64 Å². The molecule has 3 aromatic carbocycles. The average molecular weight is 608 g/mol. The molecule has 0 radical (unpaired) electrons. The summed E-state index contributed by atoms with van der Waals surface area (Å²) in [5.41, 5.74) is 15.2. The lowest BCUT2D eigenvalue weighted by atomic mass is 9.81. The molecular formula is C44H49NO. The van der Waals surface area contributed by atoms with Crippen LogP contribution in [0, 0.1) is 6.92 Å². The van der Waals surface area contributed by atoms with Gasteiger partial charge in [0.1, 0.15) is 11.5 Å². The summed E-state index contributed by atoms with van der Waals surface area (Å²) < 4.78 is 6.67. The fourth-order valence-corrected chi connectivity index (χ4v) is 7.09. The van der Waals surface area contributed by atoms with Gasteiger partial charge in [0.2, 0.25) is 0 Å². The Morgan fingerprint density at radius 3 is 2.11 bits per heavy atom. The lowest BCUT2D eigenvalue weighted by Gasteiger charge is -2.31. The highest BCUT2D eigenvalue weighted by atomic mass is 16.5. The first-order valence-electron chi connectivity index (χ1n) is 16.3. The monoisotopic (exact) mass is 607 g/mol. The third-order valence-electron chi connectivity index (χ3n) is 10.3. The van der Waals surface area contributed by atoms with E-state index in [2.05, 4.69) is 147 Å². The second-order valence-corrected chi connectivity index (χ2v) is 13.6. The van der Waals surface area contributed by atoms with E-state index in [1.165, 1.54) is 39.0 Å². The summed E-state index contributed by atoms with van der Waals surface area (Å²) in [4.78, 5) is 2.36. The van der Waals surface area contributed by atoms with Gasteiger partial charge in [0, 0.05) is 33.5 Å². The van der Waals surface area contributed by atoms with Crippen molar-refractivity contribution in [3.63, 3.8) is 0 Å². The van der Waals surface area contributed by atoms with E-state index in [-0.39, 0.29) is 10.8 Å². The Balaban J connectivity index is 1.70. The molecule has 0 amide bonds. The van der Waals surface area contributed by atoms with Crippen molar-refractivity contribution in [3.8, 4) is 11.5 Å². The minimum absolute atomic E-state index is 0.0933. The van der Waals surface area contributed by atoms with E-state index in [1.54, 1.807) is 0 Å². The van der Waals surface area contributed by atoms with Gasteiger partial charge in [-0.2, -0.15) is 0 Å². The highest BCUT2D eigenvalue weighted by Gasteiger charge is 2.38. The summed E-state index contributed by atoms with van der Waals surface area (Å²) in [5.74, 6) is 1.76. The fourth-order valence-electron chi connectivity index (χ4n) is 7.09. The number of rotatable bonds is 9. The molecule has 0 saturated carbocycles. The number of nitrogens with zero attached hydrogens (tertiary/aromatic N) is 1. The first-order valence-corrected chi connectivity index (χ1v) is 16.3. The summed E-state index contributed by atoms with van der Waals surface area (Å²) in [5, 5.41) is 0. The lowest BCUT2D eigenvalue weighted by molar-refractivity contribution is 0.476. The van der Waals surface area contributed by atoms with Crippen molar-refractivity contribution in [2.75, 3.05) is 4.90 Å². The van der Waals surface area contributed by atoms with Crippen LogP contribution in [-0.2, 0) is 10.8 Å². The van der Waals surface area contributed by atoms with Gasteiger partial charge in [-0.25, -0.2) is 0 Å². The van der Waals surface area contributed by atoms with E-state index in [9.17, 15) is 0 Å². The number of allylic oxidation sites excluding steroid dienone is 10. The summed E-state index contributed by atoms with van der Waals surface area (Å²) in [7, 11) is 0. The molecule has 2 nitrogen and oxygen atoms in total. The maximum absolute atomic E-state index is 6.67. The molecule has 5 rings (SSSR count). The smallest absolute Gasteiger partial charge is 0.135 e. The van der Waals surface area contributed by atoms with Crippen molar-refractivity contribution in [1.29, 1.82) is 0 Å². The number of ether oxygens (including phenoxy) is 1. The van der Waals surface area contributed by atoms with Gasteiger partial charge < -0.3 is 9.64 Å². The number of benzene rings is 3. The van der Waals surface area contributed by atoms with Crippen molar-refractivity contribution in [2.24, 2.45) is 0 Å². The molecular weight excluding hydrogens is 558 g/mol. The van der Waals surface area contributed by atoms with Gasteiger partial charge in [-0.15, -0.1) is 0 Å². The lowest BCUT2D eigenvalue weighted by Crippen LogP contribution is -2.23. The molecule has 0 fully saturated rings. The number of aryl methyl sites for hydroxylation is 1. The predicted octanol–water partition coefficient (Wildman–Crippen LogP) is 12.5. The molecule has 2 heteroatoms.